The van der Waals surface area contributed by atoms with Crippen molar-refractivity contribution in [2.45, 2.75) is 76.0 Å². The predicted molar refractivity (Wildman–Crippen MR) is 159 cm³/mol. The molecule has 0 amide bonds. The van der Waals surface area contributed by atoms with Crippen LogP contribution < -0.4 is 20.1 Å². The number of aryl methyl sites for hydroxylation is 1. The van der Waals surface area contributed by atoms with E-state index in [4.69, 9.17) is 19.4 Å². The Hall–Kier alpha value is -3.39. The van der Waals surface area contributed by atoms with E-state index in [1.807, 2.05) is 30.5 Å². The summed E-state index contributed by atoms with van der Waals surface area (Å²) in [6, 6.07) is 9.99. The molecule has 1 aliphatic heterocycles. The third-order valence-electron chi connectivity index (χ3n) is 8.80. The Kier molecular flexibility index (Phi) is 8.32. The summed E-state index contributed by atoms with van der Waals surface area (Å²) < 4.78 is 11.7. The van der Waals surface area contributed by atoms with Gasteiger partial charge in [-0.15, -0.1) is 0 Å². The Morgan fingerprint density at radius 2 is 1.73 bits per heavy atom. The van der Waals surface area contributed by atoms with Crippen molar-refractivity contribution in [2.75, 3.05) is 44.0 Å². The summed E-state index contributed by atoms with van der Waals surface area (Å²) in [5.41, 5.74) is 4.88. The van der Waals surface area contributed by atoms with Crippen LogP contribution in [0.2, 0.25) is 0 Å². The summed E-state index contributed by atoms with van der Waals surface area (Å²) in [4.78, 5) is 16.6. The van der Waals surface area contributed by atoms with Crippen LogP contribution >= 0.6 is 0 Å². The van der Waals surface area contributed by atoms with E-state index in [1.165, 1.54) is 82.1 Å². The zero-order valence-electron chi connectivity index (χ0n) is 23.8. The lowest BCUT2D eigenvalue weighted by Gasteiger charge is -2.34. The third kappa shape index (κ3) is 6.17. The van der Waals surface area contributed by atoms with Gasteiger partial charge in [-0.2, -0.15) is 4.98 Å². The topological polar surface area (TPSA) is 84.4 Å². The molecule has 2 fully saturated rings. The van der Waals surface area contributed by atoms with E-state index in [0.717, 1.165) is 42.3 Å². The SMILES string of the molecule is COc1cc(Nc2nccc(Nc3cnc4c(c3)CCCC43CCCC3)n2)ccc1OCCCN1CCCCC1. The molecule has 1 saturated heterocycles. The molecular weight excluding hydrogens is 500 g/mol. The Bertz CT molecular complexity index is 1290. The Morgan fingerprint density at radius 3 is 2.58 bits per heavy atom. The molecule has 0 bridgehead atoms. The molecule has 40 heavy (non-hydrogen) atoms. The van der Waals surface area contributed by atoms with E-state index < -0.39 is 0 Å². The predicted octanol–water partition coefficient (Wildman–Crippen LogP) is 6.77. The fraction of sp³-hybridized carbons (Fsp3) is 0.531. The highest BCUT2D eigenvalue weighted by Crippen LogP contribution is 2.48. The van der Waals surface area contributed by atoms with E-state index in [1.54, 1.807) is 13.3 Å². The molecule has 8 nitrogen and oxygen atoms in total. The van der Waals surface area contributed by atoms with Crippen molar-refractivity contribution in [3.8, 4) is 11.5 Å². The summed E-state index contributed by atoms with van der Waals surface area (Å²) in [6.07, 6.45) is 17.6. The number of methoxy groups -OCH3 is 1. The number of hydrogen-bond acceptors (Lipinski definition) is 8. The first-order valence-electron chi connectivity index (χ1n) is 15.1. The van der Waals surface area contributed by atoms with Crippen molar-refractivity contribution in [3.63, 3.8) is 0 Å². The fourth-order valence-corrected chi connectivity index (χ4v) is 6.80. The maximum atomic E-state index is 6.05. The van der Waals surface area contributed by atoms with Crippen LogP contribution in [0, 0.1) is 0 Å². The van der Waals surface area contributed by atoms with Crippen LogP contribution in [0.25, 0.3) is 0 Å². The lowest BCUT2D eigenvalue weighted by Crippen LogP contribution is -2.31. The van der Waals surface area contributed by atoms with Gasteiger partial charge in [0.1, 0.15) is 5.82 Å². The number of nitrogens with zero attached hydrogens (tertiary/aromatic N) is 4. The smallest absolute Gasteiger partial charge is 0.229 e. The van der Waals surface area contributed by atoms with Crippen molar-refractivity contribution in [3.05, 3.63) is 54.0 Å². The van der Waals surface area contributed by atoms with E-state index in [9.17, 15) is 0 Å². The molecule has 2 aromatic heterocycles. The van der Waals surface area contributed by atoms with Crippen LogP contribution in [0.1, 0.15) is 75.5 Å². The van der Waals surface area contributed by atoms with Crippen molar-refractivity contribution >= 4 is 23.1 Å². The molecule has 0 atom stereocenters. The maximum Gasteiger partial charge on any atom is 0.229 e. The molecular formula is C32H42N6O2. The molecule has 3 aromatic rings. The summed E-state index contributed by atoms with van der Waals surface area (Å²) in [6.45, 7) is 4.20. The minimum Gasteiger partial charge on any atom is -0.493 e. The quantitative estimate of drug-likeness (QED) is 0.272. The highest BCUT2D eigenvalue weighted by molar-refractivity contribution is 5.62. The molecule has 3 heterocycles. The van der Waals surface area contributed by atoms with Gasteiger partial charge in [0.25, 0.3) is 0 Å². The number of likely N-dealkylation sites (tertiary alicyclic amines) is 1. The lowest BCUT2D eigenvalue weighted by atomic mass is 9.71. The van der Waals surface area contributed by atoms with Gasteiger partial charge in [-0.25, -0.2) is 4.98 Å². The van der Waals surface area contributed by atoms with E-state index in [-0.39, 0.29) is 0 Å². The van der Waals surface area contributed by atoms with Crippen LogP contribution in [-0.2, 0) is 11.8 Å². The number of benzene rings is 1. The van der Waals surface area contributed by atoms with Crippen LogP contribution in [0.3, 0.4) is 0 Å². The number of rotatable bonds is 10. The van der Waals surface area contributed by atoms with E-state index in [0.29, 0.717) is 23.7 Å². The molecule has 2 N–H and O–H groups in total. The van der Waals surface area contributed by atoms with Gasteiger partial charge in [0.2, 0.25) is 5.95 Å². The number of nitrogens with one attached hydrogen (secondary N) is 2. The second-order valence-electron chi connectivity index (χ2n) is 11.6. The minimum absolute atomic E-state index is 0.326. The van der Waals surface area contributed by atoms with Gasteiger partial charge < -0.3 is 25.0 Å². The first kappa shape index (κ1) is 26.8. The number of aromatic nitrogens is 3. The normalized spacial score (nSPS) is 18.3. The molecule has 212 valence electrons. The number of ether oxygens (including phenoxy) is 2. The molecule has 1 spiro atoms. The number of piperidine rings is 1. The van der Waals surface area contributed by atoms with Gasteiger partial charge in [0.05, 0.1) is 25.6 Å². The molecule has 0 unspecified atom stereocenters. The molecule has 8 heteroatoms. The van der Waals surface area contributed by atoms with Crippen LogP contribution in [-0.4, -0.2) is 53.2 Å². The number of hydrogen-bond donors (Lipinski definition) is 2. The Balaban J connectivity index is 1.07. The van der Waals surface area contributed by atoms with Gasteiger partial charge in [0.15, 0.2) is 11.5 Å². The van der Waals surface area contributed by atoms with Gasteiger partial charge >= 0.3 is 0 Å². The standard InChI is InChI=1S/C32H42N6O2/c1-39-28-22-25(10-11-27(28)40-20-8-19-38-17-5-2-6-18-38)36-31-33-16-12-29(37-31)35-26-21-24-9-7-15-32(13-3-4-14-32)30(24)34-23-26/h10-12,16,21-23H,2-9,13-15,17-20H2,1H3,(H2,33,35,36,37). The third-order valence-corrected chi connectivity index (χ3v) is 8.80. The molecule has 3 aliphatic rings. The zero-order valence-corrected chi connectivity index (χ0v) is 23.8. The van der Waals surface area contributed by atoms with Gasteiger partial charge in [0, 0.05) is 35.6 Å². The second-order valence-corrected chi connectivity index (χ2v) is 11.6. The fourth-order valence-electron chi connectivity index (χ4n) is 6.80. The van der Waals surface area contributed by atoms with Gasteiger partial charge in [-0.1, -0.05) is 19.3 Å². The van der Waals surface area contributed by atoms with Crippen molar-refractivity contribution < 1.29 is 9.47 Å². The van der Waals surface area contributed by atoms with Gasteiger partial charge in [-0.05, 0) is 94.3 Å². The summed E-state index contributed by atoms with van der Waals surface area (Å²) in [5.74, 6) is 2.68. The monoisotopic (exact) mass is 542 g/mol. The Morgan fingerprint density at radius 1 is 0.875 bits per heavy atom. The highest BCUT2D eigenvalue weighted by atomic mass is 16.5. The maximum absolute atomic E-state index is 6.05. The zero-order chi connectivity index (χ0) is 27.2. The summed E-state index contributed by atoms with van der Waals surface area (Å²) in [7, 11) is 1.67. The summed E-state index contributed by atoms with van der Waals surface area (Å²) >= 11 is 0. The lowest BCUT2D eigenvalue weighted by molar-refractivity contribution is 0.203. The molecule has 0 radical (unpaired) electrons. The average Bonchev–Trinajstić information content (AvgIpc) is 3.45. The van der Waals surface area contributed by atoms with E-state index >= 15 is 0 Å². The first-order valence-corrected chi connectivity index (χ1v) is 15.1. The molecule has 1 saturated carbocycles. The highest BCUT2D eigenvalue weighted by Gasteiger charge is 2.40. The van der Waals surface area contributed by atoms with Crippen LogP contribution in [0.5, 0.6) is 11.5 Å². The molecule has 2 aliphatic carbocycles. The number of anilines is 4. The van der Waals surface area contributed by atoms with E-state index in [2.05, 4.69) is 26.6 Å². The molecule has 1 aromatic carbocycles. The Labute approximate surface area is 237 Å². The minimum atomic E-state index is 0.326. The summed E-state index contributed by atoms with van der Waals surface area (Å²) in [5, 5.41) is 6.75. The van der Waals surface area contributed by atoms with Gasteiger partial charge in [-0.3, -0.25) is 4.98 Å². The van der Waals surface area contributed by atoms with Crippen molar-refractivity contribution in [1.29, 1.82) is 0 Å². The molecule has 6 rings (SSSR count). The van der Waals surface area contributed by atoms with Crippen LogP contribution in [0.4, 0.5) is 23.1 Å². The second kappa shape index (κ2) is 12.4. The van der Waals surface area contributed by atoms with Crippen molar-refractivity contribution in [2.24, 2.45) is 0 Å². The number of fused-ring (bicyclic) bond motifs is 2. The van der Waals surface area contributed by atoms with Crippen LogP contribution in [0.15, 0.2) is 42.7 Å². The largest absolute Gasteiger partial charge is 0.493 e. The number of pyridine rings is 1. The average molecular weight is 543 g/mol. The first-order chi connectivity index (χ1) is 19.7. The van der Waals surface area contributed by atoms with Crippen molar-refractivity contribution in [1.82, 2.24) is 19.9 Å².